The molecule has 0 bridgehead atoms. The summed E-state index contributed by atoms with van der Waals surface area (Å²) in [4.78, 5) is 8.91. The fourth-order valence-electron chi connectivity index (χ4n) is 1.79. The average molecular weight is 245 g/mol. The van der Waals surface area contributed by atoms with E-state index in [1.807, 2.05) is 26.2 Å². The van der Waals surface area contributed by atoms with Crippen LogP contribution in [0.2, 0.25) is 0 Å². The number of nitrogens with zero attached hydrogens (tertiary/aromatic N) is 4. The lowest BCUT2D eigenvalue weighted by Crippen LogP contribution is -2.15. The molecule has 2 rings (SSSR count). The van der Waals surface area contributed by atoms with Crippen molar-refractivity contribution in [2.75, 3.05) is 5.73 Å². The second-order valence-corrected chi connectivity index (χ2v) is 5.55. The van der Waals surface area contributed by atoms with Crippen molar-refractivity contribution >= 4 is 5.82 Å². The van der Waals surface area contributed by atoms with Gasteiger partial charge in [0.05, 0.1) is 17.0 Å². The van der Waals surface area contributed by atoms with Crippen molar-refractivity contribution in [3.8, 4) is 11.4 Å². The van der Waals surface area contributed by atoms with Gasteiger partial charge in [0.1, 0.15) is 5.82 Å². The van der Waals surface area contributed by atoms with Gasteiger partial charge >= 0.3 is 0 Å². The number of hydrogen-bond acceptors (Lipinski definition) is 4. The maximum atomic E-state index is 5.87. The Bertz CT molecular complexity index is 578. The van der Waals surface area contributed by atoms with E-state index in [0.29, 0.717) is 11.6 Å². The third-order valence-corrected chi connectivity index (χ3v) is 2.77. The molecule has 0 saturated heterocycles. The lowest BCUT2D eigenvalue weighted by molar-refractivity contribution is 0.568. The summed E-state index contributed by atoms with van der Waals surface area (Å²) in [5, 5.41) is 4.30. The van der Waals surface area contributed by atoms with Crippen LogP contribution in [-0.4, -0.2) is 19.7 Å². The molecule has 0 atom stereocenters. The van der Waals surface area contributed by atoms with Crippen molar-refractivity contribution < 1.29 is 0 Å². The highest BCUT2D eigenvalue weighted by Gasteiger charge is 2.19. The summed E-state index contributed by atoms with van der Waals surface area (Å²) >= 11 is 0. The Hall–Kier alpha value is -1.91. The largest absolute Gasteiger partial charge is 0.384 e. The molecule has 0 aliphatic rings. The number of nitrogen functional groups attached to an aromatic ring is 1. The molecule has 5 heteroatoms. The normalized spacial score (nSPS) is 11.8. The Morgan fingerprint density at radius 3 is 2.39 bits per heavy atom. The zero-order valence-corrected chi connectivity index (χ0v) is 11.5. The standard InChI is InChI=1S/C13H19N5/c1-8-9(7-18(5)17-8)12-15-10(13(2,3)4)6-11(14)16-12/h6-7H,1-5H3,(H2,14,15,16). The van der Waals surface area contributed by atoms with E-state index < -0.39 is 0 Å². The molecule has 96 valence electrons. The molecule has 5 nitrogen and oxygen atoms in total. The van der Waals surface area contributed by atoms with Gasteiger partial charge in [0, 0.05) is 24.7 Å². The van der Waals surface area contributed by atoms with Crippen LogP contribution < -0.4 is 5.73 Å². The molecule has 0 radical (unpaired) electrons. The summed E-state index contributed by atoms with van der Waals surface area (Å²) in [5.74, 6) is 1.14. The van der Waals surface area contributed by atoms with Crippen LogP contribution in [0.25, 0.3) is 11.4 Å². The van der Waals surface area contributed by atoms with Crippen LogP contribution in [0, 0.1) is 6.92 Å². The monoisotopic (exact) mass is 245 g/mol. The van der Waals surface area contributed by atoms with Gasteiger partial charge in [0.15, 0.2) is 5.82 Å². The Morgan fingerprint density at radius 1 is 1.22 bits per heavy atom. The van der Waals surface area contributed by atoms with E-state index in [9.17, 15) is 0 Å². The zero-order valence-electron chi connectivity index (χ0n) is 11.5. The molecule has 0 unspecified atom stereocenters. The third kappa shape index (κ3) is 2.34. The van der Waals surface area contributed by atoms with Gasteiger partial charge in [-0.15, -0.1) is 0 Å². The summed E-state index contributed by atoms with van der Waals surface area (Å²) in [6.07, 6.45) is 1.91. The molecular formula is C13H19N5. The van der Waals surface area contributed by atoms with Crippen LogP contribution in [0.15, 0.2) is 12.3 Å². The number of rotatable bonds is 1. The van der Waals surface area contributed by atoms with E-state index in [2.05, 4.69) is 35.8 Å². The average Bonchev–Trinajstić information content (AvgIpc) is 2.55. The zero-order chi connectivity index (χ0) is 13.5. The third-order valence-electron chi connectivity index (χ3n) is 2.77. The quantitative estimate of drug-likeness (QED) is 0.835. The van der Waals surface area contributed by atoms with Crippen LogP contribution in [0.4, 0.5) is 5.82 Å². The Morgan fingerprint density at radius 2 is 1.89 bits per heavy atom. The van der Waals surface area contributed by atoms with E-state index >= 15 is 0 Å². The molecule has 2 heterocycles. The van der Waals surface area contributed by atoms with E-state index in [-0.39, 0.29) is 5.41 Å². The number of nitrogens with two attached hydrogens (primary N) is 1. The first-order chi connectivity index (χ1) is 8.27. The Balaban J connectivity index is 2.59. The highest BCUT2D eigenvalue weighted by molar-refractivity contribution is 5.59. The molecule has 18 heavy (non-hydrogen) atoms. The SMILES string of the molecule is Cc1nn(C)cc1-c1nc(N)cc(C(C)(C)C)n1. The van der Waals surface area contributed by atoms with Gasteiger partial charge in [0.2, 0.25) is 0 Å². The minimum absolute atomic E-state index is 0.0536. The second-order valence-electron chi connectivity index (χ2n) is 5.55. The summed E-state index contributed by atoms with van der Waals surface area (Å²) < 4.78 is 1.76. The first kappa shape index (κ1) is 12.5. The number of aryl methyl sites for hydroxylation is 2. The highest BCUT2D eigenvalue weighted by Crippen LogP contribution is 2.25. The molecular weight excluding hydrogens is 226 g/mol. The van der Waals surface area contributed by atoms with Crippen molar-refractivity contribution in [2.45, 2.75) is 33.1 Å². The second kappa shape index (κ2) is 4.08. The van der Waals surface area contributed by atoms with Gasteiger partial charge in [-0.2, -0.15) is 5.10 Å². The lowest BCUT2D eigenvalue weighted by atomic mass is 9.92. The van der Waals surface area contributed by atoms with Gasteiger partial charge in [-0.25, -0.2) is 9.97 Å². The highest BCUT2D eigenvalue weighted by atomic mass is 15.3. The minimum Gasteiger partial charge on any atom is -0.384 e. The molecule has 0 aliphatic carbocycles. The van der Waals surface area contributed by atoms with Crippen LogP contribution in [0.1, 0.15) is 32.2 Å². The molecule has 0 amide bonds. The maximum absolute atomic E-state index is 5.87. The topological polar surface area (TPSA) is 69.6 Å². The number of anilines is 1. The molecule has 2 aromatic heterocycles. The van der Waals surface area contributed by atoms with Crippen LogP contribution >= 0.6 is 0 Å². The van der Waals surface area contributed by atoms with Crippen LogP contribution in [-0.2, 0) is 12.5 Å². The summed E-state index contributed by atoms with van der Waals surface area (Å²) in [5.41, 5.74) is 8.59. The predicted molar refractivity (Wildman–Crippen MR) is 72.1 cm³/mol. The molecule has 2 aromatic rings. The van der Waals surface area contributed by atoms with E-state index in [0.717, 1.165) is 17.0 Å². The Kier molecular flexibility index (Phi) is 2.84. The molecule has 0 aliphatic heterocycles. The van der Waals surface area contributed by atoms with Crippen molar-refractivity contribution in [1.82, 2.24) is 19.7 Å². The van der Waals surface area contributed by atoms with Gasteiger partial charge in [-0.1, -0.05) is 20.8 Å². The fourth-order valence-corrected chi connectivity index (χ4v) is 1.79. The van der Waals surface area contributed by atoms with Crippen molar-refractivity contribution in [2.24, 2.45) is 7.05 Å². The summed E-state index contributed by atoms with van der Waals surface area (Å²) in [7, 11) is 1.88. The first-order valence-corrected chi connectivity index (χ1v) is 5.93. The lowest BCUT2D eigenvalue weighted by Gasteiger charge is -2.18. The summed E-state index contributed by atoms with van der Waals surface area (Å²) in [6.45, 7) is 8.26. The van der Waals surface area contributed by atoms with E-state index in [1.54, 1.807) is 4.68 Å². The van der Waals surface area contributed by atoms with Gasteiger partial charge < -0.3 is 5.73 Å². The Labute approximate surface area is 107 Å². The fraction of sp³-hybridized carbons (Fsp3) is 0.462. The maximum Gasteiger partial charge on any atom is 0.165 e. The van der Waals surface area contributed by atoms with E-state index in [4.69, 9.17) is 5.73 Å². The number of aromatic nitrogens is 4. The van der Waals surface area contributed by atoms with Gasteiger partial charge in [-0.3, -0.25) is 4.68 Å². The molecule has 0 aromatic carbocycles. The molecule has 0 saturated carbocycles. The van der Waals surface area contributed by atoms with Crippen molar-refractivity contribution in [3.05, 3.63) is 23.7 Å². The molecule has 2 N–H and O–H groups in total. The van der Waals surface area contributed by atoms with E-state index in [1.165, 1.54) is 0 Å². The molecule has 0 spiro atoms. The minimum atomic E-state index is -0.0536. The van der Waals surface area contributed by atoms with Crippen molar-refractivity contribution in [3.63, 3.8) is 0 Å². The van der Waals surface area contributed by atoms with Gasteiger partial charge in [0.25, 0.3) is 0 Å². The number of hydrogen-bond donors (Lipinski definition) is 1. The molecule has 0 fully saturated rings. The first-order valence-electron chi connectivity index (χ1n) is 5.93. The predicted octanol–water partition coefficient (Wildman–Crippen LogP) is 2.07. The smallest absolute Gasteiger partial charge is 0.165 e. The summed E-state index contributed by atoms with van der Waals surface area (Å²) in [6, 6.07) is 1.83. The van der Waals surface area contributed by atoms with Crippen molar-refractivity contribution in [1.29, 1.82) is 0 Å². The van der Waals surface area contributed by atoms with Gasteiger partial charge in [-0.05, 0) is 6.92 Å². The van der Waals surface area contributed by atoms with Crippen LogP contribution in [0.5, 0.6) is 0 Å². The van der Waals surface area contributed by atoms with Crippen LogP contribution in [0.3, 0.4) is 0 Å².